The first-order chi connectivity index (χ1) is 16.9. The number of hydrogen-bond donors (Lipinski definition) is 0. The number of hydrogen-bond acceptors (Lipinski definition) is 2. The number of pyridine rings is 2. The van der Waals surface area contributed by atoms with Crippen LogP contribution < -0.4 is 0 Å². The van der Waals surface area contributed by atoms with E-state index in [4.69, 9.17) is 0 Å². The van der Waals surface area contributed by atoms with E-state index in [1.54, 1.807) is 0 Å². The molecule has 0 spiro atoms. The van der Waals surface area contributed by atoms with E-state index in [0.29, 0.717) is 0 Å². The normalized spacial score (nSPS) is 11.5. The van der Waals surface area contributed by atoms with Gasteiger partial charge < -0.3 is 0 Å². The van der Waals surface area contributed by atoms with Crippen molar-refractivity contribution in [1.82, 2.24) is 9.97 Å². The van der Waals surface area contributed by atoms with E-state index in [2.05, 4.69) is 88.8 Å². The molecule has 0 unspecified atom stereocenters. The quantitative estimate of drug-likeness (QED) is 0.262. The van der Waals surface area contributed by atoms with Crippen LogP contribution >= 0.6 is 0 Å². The molecular formula is C32H20N2. The zero-order valence-corrected chi connectivity index (χ0v) is 18.4. The van der Waals surface area contributed by atoms with Crippen LogP contribution in [-0.4, -0.2) is 9.97 Å². The highest BCUT2D eigenvalue weighted by Gasteiger charge is 2.14. The number of aromatic nitrogens is 2. The van der Waals surface area contributed by atoms with Crippen LogP contribution in [-0.2, 0) is 0 Å². The summed E-state index contributed by atoms with van der Waals surface area (Å²) in [6.45, 7) is 0. The van der Waals surface area contributed by atoms with Crippen molar-refractivity contribution in [2.45, 2.75) is 0 Å². The molecule has 0 aliphatic carbocycles. The summed E-state index contributed by atoms with van der Waals surface area (Å²) in [6.07, 6.45) is 7.45. The molecule has 2 heteroatoms. The third-order valence-corrected chi connectivity index (χ3v) is 6.85. The maximum atomic E-state index is 4.35. The third-order valence-electron chi connectivity index (χ3n) is 6.85. The van der Waals surface area contributed by atoms with Gasteiger partial charge >= 0.3 is 0 Å². The number of rotatable bonds is 3. The highest BCUT2D eigenvalue weighted by Crippen LogP contribution is 2.42. The fourth-order valence-electron chi connectivity index (χ4n) is 5.21. The fourth-order valence-corrected chi connectivity index (χ4v) is 5.21. The second kappa shape index (κ2) is 7.50. The zero-order valence-electron chi connectivity index (χ0n) is 18.4. The summed E-state index contributed by atoms with van der Waals surface area (Å²) in [7, 11) is 0. The maximum Gasteiger partial charge on any atom is 0.0346 e. The van der Waals surface area contributed by atoms with Gasteiger partial charge in [-0.2, -0.15) is 0 Å². The van der Waals surface area contributed by atoms with E-state index < -0.39 is 0 Å². The Morgan fingerprint density at radius 2 is 0.941 bits per heavy atom. The molecule has 0 aliphatic rings. The van der Waals surface area contributed by atoms with Gasteiger partial charge in [-0.1, -0.05) is 78.9 Å². The predicted octanol–water partition coefficient (Wildman–Crippen LogP) is 8.38. The molecule has 5 aromatic carbocycles. The average Bonchev–Trinajstić information content (AvgIpc) is 2.92. The van der Waals surface area contributed by atoms with Gasteiger partial charge in [-0.3, -0.25) is 9.97 Å². The SMILES string of the molecule is c1cncc(-c2ccc3ccc4c(-c5ccc(-c6ccncc6)cc5)ccc5ccc2c3c54)c1. The Morgan fingerprint density at radius 3 is 1.56 bits per heavy atom. The van der Waals surface area contributed by atoms with Gasteiger partial charge in [0.25, 0.3) is 0 Å². The van der Waals surface area contributed by atoms with Gasteiger partial charge in [0.2, 0.25) is 0 Å². The Labute approximate surface area is 197 Å². The van der Waals surface area contributed by atoms with Gasteiger partial charge in [-0.15, -0.1) is 0 Å². The number of benzene rings is 5. The number of nitrogens with zero attached hydrogens (tertiary/aromatic N) is 2. The van der Waals surface area contributed by atoms with E-state index in [0.717, 1.165) is 5.56 Å². The molecule has 0 atom stereocenters. The lowest BCUT2D eigenvalue weighted by molar-refractivity contribution is 1.33. The maximum absolute atomic E-state index is 4.35. The van der Waals surface area contributed by atoms with Crippen molar-refractivity contribution in [3.8, 4) is 33.4 Å². The minimum absolute atomic E-state index is 1.15. The summed E-state index contributed by atoms with van der Waals surface area (Å²) in [4.78, 5) is 8.48. The molecule has 34 heavy (non-hydrogen) atoms. The Morgan fingerprint density at radius 1 is 0.382 bits per heavy atom. The topological polar surface area (TPSA) is 25.8 Å². The summed E-state index contributed by atoms with van der Waals surface area (Å²) in [5.74, 6) is 0. The van der Waals surface area contributed by atoms with Gasteiger partial charge in [0, 0.05) is 30.4 Å². The molecule has 0 aliphatic heterocycles. The zero-order chi connectivity index (χ0) is 22.5. The first kappa shape index (κ1) is 19.0. The molecule has 0 N–H and O–H groups in total. The smallest absolute Gasteiger partial charge is 0.0346 e. The van der Waals surface area contributed by atoms with Crippen LogP contribution in [0.2, 0.25) is 0 Å². The lowest BCUT2D eigenvalue weighted by atomic mass is 9.87. The first-order valence-corrected chi connectivity index (χ1v) is 11.5. The van der Waals surface area contributed by atoms with Crippen LogP contribution in [0.1, 0.15) is 0 Å². The van der Waals surface area contributed by atoms with Crippen molar-refractivity contribution in [3.63, 3.8) is 0 Å². The fraction of sp³-hybridized carbons (Fsp3) is 0. The Hall–Kier alpha value is -4.56. The lowest BCUT2D eigenvalue weighted by Crippen LogP contribution is -1.89. The van der Waals surface area contributed by atoms with E-state index in [9.17, 15) is 0 Å². The van der Waals surface area contributed by atoms with E-state index >= 15 is 0 Å². The Bertz CT molecular complexity index is 1770. The monoisotopic (exact) mass is 432 g/mol. The second-order valence-corrected chi connectivity index (χ2v) is 8.70. The summed E-state index contributed by atoms with van der Waals surface area (Å²) in [6, 6.07) is 35.1. The predicted molar refractivity (Wildman–Crippen MR) is 142 cm³/mol. The molecule has 7 rings (SSSR count). The van der Waals surface area contributed by atoms with Crippen LogP contribution in [0.25, 0.3) is 65.7 Å². The molecule has 2 aromatic heterocycles. The average molecular weight is 433 g/mol. The van der Waals surface area contributed by atoms with Crippen LogP contribution in [0.3, 0.4) is 0 Å². The Balaban J connectivity index is 1.46. The molecule has 2 nitrogen and oxygen atoms in total. The lowest BCUT2D eigenvalue weighted by Gasteiger charge is -2.16. The van der Waals surface area contributed by atoms with E-state index in [1.807, 2.05) is 43.0 Å². The molecule has 0 fully saturated rings. The standard InChI is InChI=1S/C32H20N2/c1-2-26(20-34-17-1)28-12-8-25-9-13-29-27(11-7-24-10-14-30(28)32(25)31(24)29)23-5-3-21(4-6-23)22-15-18-33-19-16-22/h1-20H. The van der Waals surface area contributed by atoms with Crippen molar-refractivity contribution >= 4 is 32.3 Å². The van der Waals surface area contributed by atoms with Gasteiger partial charge in [0.15, 0.2) is 0 Å². The van der Waals surface area contributed by atoms with Gasteiger partial charge in [0.05, 0.1) is 0 Å². The van der Waals surface area contributed by atoms with Gasteiger partial charge in [-0.25, -0.2) is 0 Å². The molecule has 158 valence electrons. The van der Waals surface area contributed by atoms with Crippen LogP contribution in [0.5, 0.6) is 0 Å². The van der Waals surface area contributed by atoms with Gasteiger partial charge in [-0.05, 0) is 78.3 Å². The van der Waals surface area contributed by atoms with Crippen LogP contribution in [0.15, 0.2) is 122 Å². The van der Waals surface area contributed by atoms with Gasteiger partial charge in [0.1, 0.15) is 0 Å². The summed E-state index contributed by atoms with van der Waals surface area (Å²) >= 11 is 0. The third kappa shape index (κ3) is 2.89. The van der Waals surface area contributed by atoms with E-state index in [-0.39, 0.29) is 0 Å². The molecule has 0 radical (unpaired) electrons. The molecule has 0 amide bonds. The van der Waals surface area contributed by atoms with E-state index in [1.165, 1.54) is 60.1 Å². The van der Waals surface area contributed by atoms with Crippen molar-refractivity contribution in [2.75, 3.05) is 0 Å². The van der Waals surface area contributed by atoms with Crippen molar-refractivity contribution in [1.29, 1.82) is 0 Å². The van der Waals surface area contributed by atoms with Crippen molar-refractivity contribution in [2.24, 2.45) is 0 Å². The molecular weight excluding hydrogens is 412 g/mol. The molecule has 2 heterocycles. The molecule has 0 saturated carbocycles. The van der Waals surface area contributed by atoms with Crippen molar-refractivity contribution in [3.05, 3.63) is 122 Å². The molecule has 7 aromatic rings. The summed E-state index contributed by atoms with van der Waals surface area (Å²) < 4.78 is 0. The highest BCUT2D eigenvalue weighted by atomic mass is 14.6. The minimum Gasteiger partial charge on any atom is -0.265 e. The first-order valence-electron chi connectivity index (χ1n) is 11.5. The van der Waals surface area contributed by atoms with Crippen molar-refractivity contribution < 1.29 is 0 Å². The van der Waals surface area contributed by atoms with Crippen LogP contribution in [0.4, 0.5) is 0 Å². The Kier molecular flexibility index (Phi) is 4.18. The second-order valence-electron chi connectivity index (χ2n) is 8.70. The van der Waals surface area contributed by atoms with Crippen LogP contribution in [0, 0.1) is 0 Å². The highest BCUT2D eigenvalue weighted by molar-refractivity contribution is 6.27. The molecule has 0 saturated heterocycles. The summed E-state index contributed by atoms with van der Waals surface area (Å²) in [5.41, 5.74) is 7.23. The molecule has 0 bridgehead atoms. The largest absolute Gasteiger partial charge is 0.265 e. The minimum atomic E-state index is 1.15. The summed E-state index contributed by atoms with van der Waals surface area (Å²) in [5, 5.41) is 7.76.